The van der Waals surface area contributed by atoms with Crippen LogP contribution >= 0.6 is 0 Å². The van der Waals surface area contributed by atoms with Crippen LogP contribution in [0.25, 0.3) is 5.69 Å². The molecule has 21 heavy (non-hydrogen) atoms. The molecule has 1 aromatic carbocycles. The molecule has 1 N–H and O–H groups in total. The van der Waals surface area contributed by atoms with Gasteiger partial charge in [-0.2, -0.15) is 10.2 Å². The first kappa shape index (κ1) is 13.6. The minimum atomic E-state index is 0.226. The van der Waals surface area contributed by atoms with Gasteiger partial charge in [0, 0.05) is 37.6 Å². The number of benzene rings is 1. The maximum atomic E-state index is 4.42. The minimum Gasteiger partial charge on any atom is -0.304 e. The van der Waals surface area contributed by atoms with Crippen molar-refractivity contribution in [3.05, 3.63) is 66.2 Å². The highest BCUT2D eigenvalue weighted by molar-refractivity contribution is 5.31. The molecule has 1 unspecified atom stereocenters. The molecule has 2 heterocycles. The number of aromatic nitrogens is 4. The molecule has 2 aromatic heterocycles. The Bertz CT molecular complexity index is 698. The van der Waals surface area contributed by atoms with E-state index in [0.29, 0.717) is 0 Å². The molecular formula is C16H19N5. The van der Waals surface area contributed by atoms with Crippen molar-refractivity contribution in [3.63, 3.8) is 0 Å². The molecule has 5 heteroatoms. The lowest BCUT2D eigenvalue weighted by atomic mass is 10.2. The Morgan fingerprint density at radius 2 is 2.00 bits per heavy atom. The summed E-state index contributed by atoms with van der Waals surface area (Å²) in [6, 6.07) is 12.4. The van der Waals surface area contributed by atoms with Crippen LogP contribution in [0, 0.1) is 0 Å². The molecule has 0 saturated carbocycles. The van der Waals surface area contributed by atoms with E-state index in [9.17, 15) is 0 Å². The number of aryl methyl sites for hydroxylation is 1. The SMILES string of the molecule is CC(NCc1ccn(C)n1)c1cnn(-c2ccccc2)c1. The van der Waals surface area contributed by atoms with E-state index in [1.165, 1.54) is 0 Å². The molecule has 0 fully saturated rings. The summed E-state index contributed by atoms with van der Waals surface area (Å²) in [5.74, 6) is 0. The first-order valence-corrected chi connectivity index (χ1v) is 7.04. The van der Waals surface area contributed by atoms with Gasteiger partial charge in [0.25, 0.3) is 0 Å². The molecule has 5 nitrogen and oxygen atoms in total. The van der Waals surface area contributed by atoms with Crippen molar-refractivity contribution in [2.45, 2.75) is 19.5 Å². The summed E-state index contributed by atoms with van der Waals surface area (Å²) < 4.78 is 3.71. The Morgan fingerprint density at radius 1 is 1.19 bits per heavy atom. The lowest BCUT2D eigenvalue weighted by Crippen LogP contribution is -2.18. The zero-order chi connectivity index (χ0) is 14.7. The third-order valence-electron chi connectivity index (χ3n) is 3.48. The lowest BCUT2D eigenvalue weighted by molar-refractivity contribution is 0.561. The van der Waals surface area contributed by atoms with Gasteiger partial charge < -0.3 is 5.32 Å². The van der Waals surface area contributed by atoms with Crippen molar-refractivity contribution >= 4 is 0 Å². The smallest absolute Gasteiger partial charge is 0.0762 e. The van der Waals surface area contributed by atoms with Gasteiger partial charge in [-0.1, -0.05) is 18.2 Å². The van der Waals surface area contributed by atoms with Gasteiger partial charge in [-0.05, 0) is 25.1 Å². The second-order valence-electron chi connectivity index (χ2n) is 5.14. The molecule has 0 spiro atoms. The fraction of sp³-hybridized carbons (Fsp3) is 0.250. The summed E-state index contributed by atoms with van der Waals surface area (Å²) in [7, 11) is 1.93. The van der Waals surface area contributed by atoms with Gasteiger partial charge >= 0.3 is 0 Å². The maximum absolute atomic E-state index is 4.42. The Hall–Kier alpha value is -2.40. The van der Waals surface area contributed by atoms with Crippen LogP contribution in [0.4, 0.5) is 0 Å². The topological polar surface area (TPSA) is 47.7 Å². The van der Waals surface area contributed by atoms with Crippen LogP contribution in [0.15, 0.2) is 55.0 Å². The van der Waals surface area contributed by atoms with E-state index in [2.05, 4.69) is 28.6 Å². The normalized spacial score (nSPS) is 12.5. The molecule has 0 radical (unpaired) electrons. The third kappa shape index (κ3) is 3.20. The van der Waals surface area contributed by atoms with Crippen LogP contribution in [-0.2, 0) is 13.6 Å². The van der Waals surface area contributed by atoms with Crippen molar-refractivity contribution in [3.8, 4) is 5.69 Å². The second-order valence-corrected chi connectivity index (χ2v) is 5.14. The number of nitrogens with one attached hydrogen (secondary N) is 1. The van der Waals surface area contributed by atoms with Crippen molar-refractivity contribution in [2.24, 2.45) is 7.05 Å². The Labute approximate surface area is 124 Å². The van der Waals surface area contributed by atoms with Crippen LogP contribution in [0.5, 0.6) is 0 Å². The Balaban J connectivity index is 1.65. The van der Waals surface area contributed by atoms with Gasteiger partial charge in [0.05, 0.1) is 17.6 Å². The molecule has 0 aliphatic rings. The number of hydrogen-bond acceptors (Lipinski definition) is 3. The molecule has 0 amide bonds. The predicted molar refractivity (Wildman–Crippen MR) is 82.0 cm³/mol. The van der Waals surface area contributed by atoms with Gasteiger partial charge in [-0.25, -0.2) is 4.68 Å². The highest BCUT2D eigenvalue weighted by Crippen LogP contribution is 2.14. The summed E-state index contributed by atoms with van der Waals surface area (Å²) in [5.41, 5.74) is 3.27. The average molecular weight is 281 g/mol. The zero-order valence-electron chi connectivity index (χ0n) is 12.3. The quantitative estimate of drug-likeness (QED) is 0.781. The fourth-order valence-electron chi connectivity index (χ4n) is 2.22. The fourth-order valence-corrected chi connectivity index (χ4v) is 2.22. The van der Waals surface area contributed by atoms with Gasteiger partial charge in [-0.15, -0.1) is 0 Å². The molecule has 3 aromatic rings. The van der Waals surface area contributed by atoms with Crippen molar-refractivity contribution < 1.29 is 0 Å². The molecule has 3 rings (SSSR count). The minimum absolute atomic E-state index is 0.226. The van der Waals surface area contributed by atoms with Crippen molar-refractivity contribution in [1.82, 2.24) is 24.9 Å². The van der Waals surface area contributed by atoms with E-state index in [4.69, 9.17) is 0 Å². The molecule has 0 saturated heterocycles. The number of hydrogen-bond donors (Lipinski definition) is 1. The van der Waals surface area contributed by atoms with Crippen LogP contribution in [0.2, 0.25) is 0 Å². The van der Waals surface area contributed by atoms with E-state index in [1.54, 1.807) is 0 Å². The van der Waals surface area contributed by atoms with E-state index < -0.39 is 0 Å². The largest absolute Gasteiger partial charge is 0.304 e. The van der Waals surface area contributed by atoms with Gasteiger partial charge in [0.1, 0.15) is 0 Å². The first-order chi connectivity index (χ1) is 10.2. The number of para-hydroxylation sites is 1. The average Bonchev–Trinajstić information content (AvgIpc) is 3.15. The predicted octanol–water partition coefficient (Wildman–Crippen LogP) is 2.46. The van der Waals surface area contributed by atoms with Gasteiger partial charge in [0.2, 0.25) is 0 Å². The molecule has 0 aliphatic carbocycles. The summed E-state index contributed by atoms with van der Waals surface area (Å²) in [4.78, 5) is 0. The monoisotopic (exact) mass is 281 g/mol. The van der Waals surface area contributed by atoms with Gasteiger partial charge in [-0.3, -0.25) is 4.68 Å². The lowest BCUT2D eigenvalue weighted by Gasteiger charge is -2.10. The zero-order valence-corrected chi connectivity index (χ0v) is 12.3. The van der Waals surface area contributed by atoms with Gasteiger partial charge in [0.15, 0.2) is 0 Å². The summed E-state index contributed by atoms with van der Waals surface area (Å²) in [6.07, 6.45) is 5.92. The van der Waals surface area contributed by atoms with Crippen LogP contribution in [0.3, 0.4) is 0 Å². The molecule has 0 bridgehead atoms. The third-order valence-corrected chi connectivity index (χ3v) is 3.48. The standard InChI is InChI=1S/C16H19N5/c1-13(17-11-15-8-9-20(2)19-15)14-10-18-21(12-14)16-6-4-3-5-7-16/h3-10,12-13,17H,11H2,1-2H3. The molecular weight excluding hydrogens is 262 g/mol. The summed E-state index contributed by atoms with van der Waals surface area (Å²) >= 11 is 0. The number of nitrogens with zero attached hydrogens (tertiary/aromatic N) is 4. The van der Waals surface area contributed by atoms with Crippen LogP contribution < -0.4 is 5.32 Å². The Morgan fingerprint density at radius 3 is 2.71 bits per heavy atom. The van der Waals surface area contributed by atoms with E-state index in [0.717, 1.165) is 23.5 Å². The molecule has 0 aliphatic heterocycles. The van der Waals surface area contributed by atoms with E-state index in [-0.39, 0.29) is 6.04 Å². The van der Waals surface area contributed by atoms with Crippen molar-refractivity contribution in [2.75, 3.05) is 0 Å². The first-order valence-electron chi connectivity index (χ1n) is 7.04. The van der Waals surface area contributed by atoms with E-state index >= 15 is 0 Å². The van der Waals surface area contributed by atoms with Crippen LogP contribution in [0.1, 0.15) is 24.2 Å². The van der Waals surface area contributed by atoms with Crippen molar-refractivity contribution in [1.29, 1.82) is 0 Å². The van der Waals surface area contributed by atoms with E-state index in [1.807, 2.05) is 65.2 Å². The molecule has 108 valence electrons. The maximum Gasteiger partial charge on any atom is 0.0762 e. The summed E-state index contributed by atoms with van der Waals surface area (Å²) in [5, 5.41) is 12.3. The number of rotatable bonds is 5. The van der Waals surface area contributed by atoms with Crippen LogP contribution in [-0.4, -0.2) is 19.6 Å². The highest BCUT2D eigenvalue weighted by Gasteiger charge is 2.09. The second kappa shape index (κ2) is 5.93. The highest BCUT2D eigenvalue weighted by atomic mass is 15.3. The Kier molecular flexibility index (Phi) is 3.83. The molecule has 1 atom stereocenters. The summed E-state index contributed by atoms with van der Waals surface area (Å²) in [6.45, 7) is 2.88.